The summed E-state index contributed by atoms with van der Waals surface area (Å²) < 4.78 is 9.14. The second-order valence-electron chi connectivity index (χ2n) is 25.7. The van der Waals surface area contributed by atoms with Gasteiger partial charge in [0.05, 0.1) is 57.9 Å². The number of nitrogens with zero attached hydrogens (tertiary/aromatic N) is 5. The van der Waals surface area contributed by atoms with Gasteiger partial charge in [-0.2, -0.15) is 0 Å². The molecule has 9 heteroatoms. The molecule has 480 valence electrons. The molecule has 13 aromatic rings. The van der Waals surface area contributed by atoms with Gasteiger partial charge in [-0.25, -0.2) is 20.0 Å². The first-order valence-corrected chi connectivity index (χ1v) is 34.5. The molecule has 0 fully saturated rings. The lowest BCUT2D eigenvalue weighted by molar-refractivity contribution is 0.303. The van der Waals surface area contributed by atoms with Crippen LogP contribution < -0.4 is 15.4 Å². The molecule has 8 aromatic carbocycles. The van der Waals surface area contributed by atoms with Crippen LogP contribution in [0.2, 0.25) is 0 Å². The molecule has 101 heavy (non-hydrogen) atoms. The van der Waals surface area contributed by atoms with E-state index >= 15 is 0 Å². The summed E-state index contributed by atoms with van der Waals surface area (Å²) in [5, 5.41) is 1.94. The zero-order chi connectivity index (χ0) is 67.0. The zero-order valence-electron chi connectivity index (χ0n) is 55.2. The van der Waals surface area contributed by atoms with Crippen molar-refractivity contribution in [3.63, 3.8) is 0 Å². The summed E-state index contributed by atoms with van der Waals surface area (Å²) in [5.74, 6) is 0.793. The van der Waals surface area contributed by atoms with E-state index in [-0.39, 0.29) is 0 Å². The van der Waals surface area contributed by atoms with Gasteiger partial charge < -0.3 is 24.3 Å². The average molecular weight is 1300 g/mol. The number of allylic oxidation sites excluding steroid dienone is 4. The van der Waals surface area contributed by atoms with Crippen LogP contribution in [0.25, 0.3) is 113 Å². The van der Waals surface area contributed by atoms with E-state index in [9.17, 15) is 0 Å². The third-order valence-electron chi connectivity index (χ3n) is 19.4. The number of ether oxygens (including phenoxy) is 1. The highest BCUT2D eigenvalue weighted by Gasteiger charge is 2.26. The van der Waals surface area contributed by atoms with Gasteiger partial charge in [-0.3, -0.25) is 0 Å². The number of hydrogen-bond donors (Lipinski definition) is 3. The molecule has 0 amide bonds. The second kappa shape index (κ2) is 26.3. The van der Waals surface area contributed by atoms with Crippen LogP contribution in [0.3, 0.4) is 0 Å². The predicted molar refractivity (Wildman–Crippen MR) is 416 cm³/mol. The van der Waals surface area contributed by atoms with Crippen molar-refractivity contribution >= 4 is 80.1 Å². The molecule has 5 aromatic heterocycles. The topological polar surface area (TPSA) is 112 Å². The van der Waals surface area contributed by atoms with Crippen LogP contribution in [-0.4, -0.2) is 47.5 Å². The molecule has 0 saturated heterocycles. The van der Waals surface area contributed by atoms with Crippen molar-refractivity contribution in [3.8, 4) is 50.3 Å². The summed E-state index contributed by atoms with van der Waals surface area (Å²) in [4.78, 5) is 33.9. The van der Waals surface area contributed by atoms with E-state index < -0.39 is 0 Å². The molecule has 0 atom stereocenters. The van der Waals surface area contributed by atoms with Gasteiger partial charge >= 0.3 is 0 Å². The second-order valence-corrected chi connectivity index (χ2v) is 25.7. The van der Waals surface area contributed by atoms with Crippen LogP contribution >= 0.6 is 0 Å². The molecule has 0 spiro atoms. The van der Waals surface area contributed by atoms with Gasteiger partial charge in [-0.1, -0.05) is 224 Å². The molecule has 5 aliphatic heterocycles. The van der Waals surface area contributed by atoms with E-state index in [0.717, 1.165) is 204 Å². The van der Waals surface area contributed by atoms with Gasteiger partial charge in [0.2, 0.25) is 0 Å². The van der Waals surface area contributed by atoms with Gasteiger partial charge in [-0.15, -0.1) is 0 Å². The lowest BCUT2D eigenvalue weighted by Crippen LogP contribution is -2.21. The lowest BCUT2D eigenvalue weighted by atomic mass is 9.96. The zero-order valence-corrected chi connectivity index (χ0v) is 55.2. The summed E-state index contributed by atoms with van der Waals surface area (Å²) in [6.07, 6.45) is 21.3. The Kier molecular flexibility index (Phi) is 15.7. The number of fused-ring (bicyclic) bond motifs is 14. The minimum atomic E-state index is 0.523. The number of aromatic nitrogens is 6. The molecule has 0 unspecified atom stereocenters. The third-order valence-corrected chi connectivity index (χ3v) is 19.4. The Morgan fingerprint density at radius 2 is 0.653 bits per heavy atom. The highest BCUT2D eigenvalue weighted by molar-refractivity contribution is 6.32. The van der Waals surface area contributed by atoms with Crippen molar-refractivity contribution in [2.75, 3.05) is 6.61 Å². The number of unbranched alkanes of at least 4 members (excludes halogenated alkanes) is 1. The fourth-order valence-corrected chi connectivity index (χ4v) is 14.7. The third kappa shape index (κ3) is 11.6. The van der Waals surface area contributed by atoms with E-state index in [1.54, 1.807) is 0 Å². The molecule has 9 nitrogen and oxygen atoms in total. The molecule has 16 bridgehead atoms. The minimum Gasteiger partial charge on any atom is -0.494 e. The summed E-state index contributed by atoms with van der Waals surface area (Å²) in [7, 11) is 0. The summed E-state index contributed by atoms with van der Waals surface area (Å²) in [6, 6.07) is 98.1. The first kappa shape index (κ1) is 60.2. The summed E-state index contributed by atoms with van der Waals surface area (Å²) in [6.45, 7) is 1.25. The van der Waals surface area contributed by atoms with Gasteiger partial charge in [0.25, 0.3) is 0 Å². The molecular weight excluding hydrogens is 1230 g/mol. The van der Waals surface area contributed by atoms with Crippen molar-refractivity contribution in [2.45, 2.75) is 19.4 Å². The van der Waals surface area contributed by atoms with Crippen LogP contribution in [-0.2, 0) is 6.54 Å². The van der Waals surface area contributed by atoms with Gasteiger partial charge in [0.15, 0.2) is 0 Å². The molecule has 18 rings (SSSR count). The summed E-state index contributed by atoms with van der Waals surface area (Å²) >= 11 is 0. The Labute approximate surface area is 585 Å². The number of nitrogens with one attached hydrogen (secondary N) is 3. The van der Waals surface area contributed by atoms with Gasteiger partial charge in [0.1, 0.15) is 5.75 Å². The van der Waals surface area contributed by atoms with Crippen molar-refractivity contribution in [2.24, 2.45) is 9.98 Å². The number of aryl methyl sites for hydroxylation is 1. The number of aromatic amines is 3. The molecule has 10 heterocycles. The van der Waals surface area contributed by atoms with Crippen LogP contribution in [0.15, 0.2) is 331 Å². The highest BCUT2D eigenvalue weighted by Crippen LogP contribution is 2.42. The van der Waals surface area contributed by atoms with Crippen LogP contribution in [0.1, 0.15) is 69.1 Å². The first-order valence-electron chi connectivity index (χ1n) is 34.5. The highest BCUT2D eigenvalue weighted by atomic mass is 16.5. The largest absolute Gasteiger partial charge is 0.494 e. The number of rotatable bonds is 14. The number of hydrogen-bond acceptors (Lipinski definition) is 5. The molecule has 0 radical (unpaired) electrons. The first-order chi connectivity index (χ1) is 50.1. The number of benzene rings is 8. The smallest absolute Gasteiger partial charge is 0.119 e. The van der Waals surface area contributed by atoms with Crippen molar-refractivity contribution in [3.05, 3.63) is 388 Å². The minimum absolute atomic E-state index is 0.523. The fourth-order valence-electron chi connectivity index (χ4n) is 14.7. The maximum atomic E-state index is 6.71. The number of H-pyrrole nitrogens is 3. The van der Waals surface area contributed by atoms with Crippen molar-refractivity contribution in [1.29, 1.82) is 0 Å². The van der Waals surface area contributed by atoms with Gasteiger partial charge in [0, 0.05) is 95.6 Å². The molecule has 0 aliphatic carbocycles. The van der Waals surface area contributed by atoms with E-state index in [1.807, 2.05) is 0 Å². The van der Waals surface area contributed by atoms with E-state index in [2.05, 4.69) is 353 Å². The average Bonchev–Trinajstić information content (AvgIpc) is 1.62. The Hall–Kier alpha value is -13.2. The van der Waals surface area contributed by atoms with E-state index in [4.69, 9.17) is 24.7 Å². The Bertz CT molecular complexity index is 5930. The predicted octanol–water partition coefficient (Wildman–Crippen LogP) is 20.0. The number of aliphatic imine (C=N–C) groups is 2. The fraction of sp³-hybridized carbons (Fsp3) is 0.0435. The Morgan fingerprint density at radius 3 is 1.06 bits per heavy atom. The Balaban J connectivity index is 0.713. The van der Waals surface area contributed by atoms with Crippen LogP contribution in [0.5, 0.6) is 5.75 Å². The standard InChI is InChI=1S/C92H66N8O/c1-8-24-60(25-9-1)85-68-58-84(92(66-36-20-7-21-37-66)83-55-54-80(99-83)90(65-34-18-6-19-35-65)79-49-44-72(94-79)86(61-26-10-2-11-27-61)71-43-42-70(85)93-71)100(59-68)56-22-23-57-101-69-40-38-67(39-41-69)91-81-52-50-77(97-81)88(63-30-14-4-15-31-63)75-47-45-73(95-75)87(62-28-12-3-13-29-62)74-46-48-76(96-74)89(64-32-16-5-17-33-64)78-51-53-82(91)98-78/h1-21,24-55,58-59,94-95,98H,22-23,56-57H2. The van der Waals surface area contributed by atoms with Crippen molar-refractivity contribution in [1.82, 2.24) is 29.5 Å². The van der Waals surface area contributed by atoms with Gasteiger partial charge in [-0.05, 0) is 161 Å². The van der Waals surface area contributed by atoms with Crippen molar-refractivity contribution < 1.29 is 4.74 Å². The lowest BCUT2D eigenvalue weighted by Gasteiger charge is -2.15. The van der Waals surface area contributed by atoms with Crippen LogP contribution in [0, 0.1) is 0 Å². The Morgan fingerprint density at radius 1 is 0.297 bits per heavy atom. The summed E-state index contributed by atoms with van der Waals surface area (Å²) in [5.41, 5.74) is 29.6. The SMILES string of the molecule is C1=CC2=C(c3ccccc3)c3cc(n(CCCCOc4ccc(-c5c6nc(c(-c7ccccc7)c7ccc([nH]7)c(-c7ccccc7)c7nc(c(-c8ccccc8)c8ccc5[nH]8)C=C7)C=C6)cc4)c3)C(c3ccccc3)=C3C=CC(=N3)C(c3ccccc3)=c3ccc([nH]3)=C(c3ccccc3)C1=N2. The van der Waals surface area contributed by atoms with Crippen LogP contribution in [0.4, 0.5) is 0 Å². The van der Waals surface area contributed by atoms with E-state index in [0.29, 0.717) is 6.61 Å². The molecule has 0 saturated carbocycles. The molecule has 3 N–H and O–H groups in total. The maximum absolute atomic E-state index is 6.71. The normalized spacial score (nSPS) is 13.7. The maximum Gasteiger partial charge on any atom is 0.119 e. The monoisotopic (exact) mass is 1300 g/mol. The van der Waals surface area contributed by atoms with E-state index in [1.165, 1.54) is 0 Å². The molecular formula is C92H66N8O. The quantitative estimate of drug-likeness (QED) is 0.0943. The molecule has 5 aliphatic rings.